The second kappa shape index (κ2) is 6.40. The summed E-state index contributed by atoms with van der Waals surface area (Å²) in [4.78, 5) is 0. The number of para-hydroxylation sites is 1. The van der Waals surface area contributed by atoms with Crippen LogP contribution < -0.4 is 10.6 Å². The van der Waals surface area contributed by atoms with Gasteiger partial charge in [-0.2, -0.15) is 0 Å². The van der Waals surface area contributed by atoms with E-state index in [0.29, 0.717) is 0 Å². The zero-order chi connectivity index (χ0) is 10.2. The quantitative estimate of drug-likeness (QED) is 0.596. The molecular weight excluding hydrogens is 176 g/mol. The van der Waals surface area contributed by atoms with Gasteiger partial charge in [0, 0.05) is 25.9 Å². The molecule has 0 aromatic heterocycles. The van der Waals surface area contributed by atoms with Gasteiger partial charge in [-0.1, -0.05) is 18.2 Å². The predicted octanol–water partition coefficient (Wildman–Crippen LogP) is 1.20. The van der Waals surface area contributed by atoms with Crippen molar-refractivity contribution in [3.63, 3.8) is 0 Å². The van der Waals surface area contributed by atoms with Crippen LogP contribution in [0.3, 0.4) is 0 Å². The summed E-state index contributed by atoms with van der Waals surface area (Å²) in [5, 5.41) is 15.0. The fraction of sp³-hybridized carbons (Fsp3) is 0.455. The molecule has 0 bridgehead atoms. The molecule has 0 heterocycles. The smallest absolute Gasteiger partial charge is 0.0443 e. The van der Waals surface area contributed by atoms with E-state index in [1.807, 2.05) is 19.2 Å². The summed E-state index contributed by atoms with van der Waals surface area (Å²) in [6.07, 6.45) is 0.807. The van der Waals surface area contributed by atoms with Crippen LogP contribution in [0.15, 0.2) is 24.3 Å². The highest BCUT2D eigenvalue weighted by molar-refractivity contribution is 5.50. The van der Waals surface area contributed by atoms with Crippen LogP contribution >= 0.6 is 0 Å². The van der Waals surface area contributed by atoms with Gasteiger partial charge in [0.2, 0.25) is 0 Å². The Morgan fingerprint density at radius 3 is 2.79 bits per heavy atom. The number of hydrogen-bond acceptors (Lipinski definition) is 3. The van der Waals surface area contributed by atoms with Gasteiger partial charge in [-0.05, 0) is 24.6 Å². The maximum atomic E-state index is 8.61. The van der Waals surface area contributed by atoms with Crippen molar-refractivity contribution >= 4 is 5.69 Å². The lowest BCUT2D eigenvalue weighted by atomic mass is 10.2. The highest BCUT2D eigenvalue weighted by atomic mass is 16.3. The molecule has 0 radical (unpaired) electrons. The Balaban J connectivity index is 2.41. The third-order valence-corrected chi connectivity index (χ3v) is 2.11. The fourth-order valence-electron chi connectivity index (χ4n) is 1.35. The second-order valence-corrected chi connectivity index (χ2v) is 3.16. The summed E-state index contributed by atoms with van der Waals surface area (Å²) >= 11 is 0. The lowest BCUT2D eigenvalue weighted by Gasteiger charge is -2.09. The van der Waals surface area contributed by atoms with E-state index in [1.165, 1.54) is 5.56 Å². The molecule has 3 nitrogen and oxygen atoms in total. The van der Waals surface area contributed by atoms with E-state index >= 15 is 0 Å². The average Bonchev–Trinajstić information content (AvgIpc) is 2.25. The van der Waals surface area contributed by atoms with E-state index in [2.05, 4.69) is 22.8 Å². The number of rotatable bonds is 6. The van der Waals surface area contributed by atoms with Crippen molar-refractivity contribution in [2.75, 3.05) is 25.5 Å². The first-order valence-corrected chi connectivity index (χ1v) is 4.95. The van der Waals surface area contributed by atoms with Gasteiger partial charge >= 0.3 is 0 Å². The van der Waals surface area contributed by atoms with Crippen LogP contribution in [0.4, 0.5) is 5.69 Å². The molecule has 14 heavy (non-hydrogen) atoms. The standard InChI is InChI=1S/C11H18N2O/c1-12-11-6-3-2-5-10(11)9-13-7-4-8-14/h2-3,5-6,12-14H,4,7-9H2,1H3. The van der Waals surface area contributed by atoms with Gasteiger partial charge in [0.25, 0.3) is 0 Å². The Kier molecular flexibility index (Phi) is 5.04. The Hall–Kier alpha value is -1.06. The van der Waals surface area contributed by atoms with Crippen molar-refractivity contribution in [1.29, 1.82) is 0 Å². The van der Waals surface area contributed by atoms with Gasteiger partial charge in [0.1, 0.15) is 0 Å². The zero-order valence-corrected chi connectivity index (χ0v) is 8.59. The van der Waals surface area contributed by atoms with Crippen LogP contribution in [0, 0.1) is 0 Å². The summed E-state index contributed by atoms with van der Waals surface area (Å²) in [6.45, 7) is 1.95. The molecule has 0 spiro atoms. The number of anilines is 1. The Bertz CT molecular complexity index is 263. The van der Waals surface area contributed by atoms with E-state index in [-0.39, 0.29) is 6.61 Å². The van der Waals surface area contributed by atoms with Crippen LogP contribution in [-0.4, -0.2) is 25.3 Å². The van der Waals surface area contributed by atoms with Gasteiger partial charge in [-0.3, -0.25) is 0 Å². The molecule has 1 aromatic rings. The van der Waals surface area contributed by atoms with Crippen LogP contribution in [0.5, 0.6) is 0 Å². The lowest BCUT2D eigenvalue weighted by molar-refractivity contribution is 0.286. The molecule has 3 heteroatoms. The topological polar surface area (TPSA) is 44.3 Å². The molecule has 0 atom stereocenters. The summed E-state index contributed by atoms with van der Waals surface area (Å²) in [7, 11) is 1.92. The van der Waals surface area contributed by atoms with Gasteiger partial charge in [0.05, 0.1) is 0 Å². The molecular formula is C11H18N2O. The van der Waals surface area contributed by atoms with Crippen LogP contribution in [0.25, 0.3) is 0 Å². The molecule has 0 aliphatic rings. The minimum absolute atomic E-state index is 0.251. The van der Waals surface area contributed by atoms with E-state index < -0.39 is 0 Å². The van der Waals surface area contributed by atoms with E-state index in [4.69, 9.17) is 5.11 Å². The minimum Gasteiger partial charge on any atom is -0.396 e. The van der Waals surface area contributed by atoms with Crippen LogP contribution in [0.1, 0.15) is 12.0 Å². The van der Waals surface area contributed by atoms with Crippen molar-refractivity contribution in [3.8, 4) is 0 Å². The zero-order valence-electron chi connectivity index (χ0n) is 8.59. The molecule has 3 N–H and O–H groups in total. The Morgan fingerprint density at radius 1 is 1.29 bits per heavy atom. The molecule has 0 fully saturated rings. The predicted molar refractivity (Wildman–Crippen MR) is 59.4 cm³/mol. The lowest BCUT2D eigenvalue weighted by Crippen LogP contribution is -2.16. The Labute approximate surface area is 85.2 Å². The number of nitrogens with one attached hydrogen (secondary N) is 2. The van der Waals surface area contributed by atoms with Gasteiger partial charge in [-0.25, -0.2) is 0 Å². The largest absolute Gasteiger partial charge is 0.396 e. The number of aliphatic hydroxyl groups is 1. The summed E-state index contributed by atoms with van der Waals surface area (Å²) < 4.78 is 0. The summed E-state index contributed by atoms with van der Waals surface area (Å²) in [5.41, 5.74) is 2.41. The molecule has 0 aliphatic carbocycles. The normalized spacial score (nSPS) is 10.1. The second-order valence-electron chi connectivity index (χ2n) is 3.16. The first kappa shape index (κ1) is 11.0. The summed E-state index contributed by atoms with van der Waals surface area (Å²) in [5.74, 6) is 0. The van der Waals surface area contributed by atoms with Crippen molar-refractivity contribution in [2.45, 2.75) is 13.0 Å². The van der Waals surface area contributed by atoms with E-state index in [0.717, 1.165) is 25.2 Å². The van der Waals surface area contributed by atoms with Crippen LogP contribution in [-0.2, 0) is 6.54 Å². The molecule has 1 rings (SSSR count). The fourth-order valence-corrected chi connectivity index (χ4v) is 1.35. The van der Waals surface area contributed by atoms with Gasteiger partial charge in [0.15, 0.2) is 0 Å². The molecule has 1 aromatic carbocycles. The Morgan fingerprint density at radius 2 is 2.07 bits per heavy atom. The van der Waals surface area contributed by atoms with Gasteiger partial charge in [-0.15, -0.1) is 0 Å². The van der Waals surface area contributed by atoms with Crippen molar-refractivity contribution in [1.82, 2.24) is 5.32 Å². The maximum Gasteiger partial charge on any atom is 0.0443 e. The molecule has 0 saturated heterocycles. The van der Waals surface area contributed by atoms with Crippen molar-refractivity contribution in [2.24, 2.45) is 0 Å². The number of hydrogen-bond donors (Lipinski definition) is 3. The highest BCUT2D eigenvalue weighted by Crippen LogP contribution is 2.13. The number of aliphatic hydroxyl groups excluding tert-OH is 1. The third-order valence-electron chi connectivity index (χ3n) is 2.11. The van der Waals surface area contributed by atoms with E-state index in [1.54, 1.807) is 0 Å². The SMILES string of the molecule is CNc1ccccc1CNCCCO. The molecule has 0 amide bonds. The first-order valence-electron chi connectivity index (χ1n) is 4.95. The molecule has 78 valence electrons. The average molecular weight is 194 g/mol. The van der Waals surface area contributed by atoms with Crippen molar-refractivity contribution in [3.05, 3.63) is 29.8 Å². The monoisotopic (exact) mass is 194 g/mol. The number of benzene rings is 1. The highest BCUT2D eigenvalue weighted by Gasteiger charge is 1.97. The van der Waals surface area contributed by atoms with Crippen molar-refractivity contribution < 1.29 is 5.11 Å². The maximum absolute atomic E-state index is 8.61. The molecule has 0 aliphatic heterocycles. The van der Waals surface area contributed by atoms with E-state index in [9.17, 15) is 0 Å². The molecule has 0 unspecified atom stereocenters. The minimum atomic E-state index is 0.251. The summed E-state index contributed by atoms with van der Waals surface area (Å²) in [6, 6.07) is 8.20. The van der Waals surface area contributed by atoms with Gasteiger partial charge < -0.3 is 15.7 Å². The molecule has 0 saturated carbocycles. The first-order chi connectivity index (χ1) is 6.88. The third kappa shape index (κ3) is 3.36. The van der Waals surface area contributed by atoms with Crippen LogP contribution in [0.2, 0.25) is 0 Å².